The Bertz CT molecular complexity index is 773. The molecule has 0 bridgehead atoms. The average molecular weight is 372 g/mol. The number of amides is 1. The lowest BCUT2D eigenvalue weighted by molar-refractivity contribution is -0.122. The Balaban J connectivity index is 1.42. The summed E-state index contributed by atoms with van der Waals surface area (Å²) in [5.74, 6) is -0.0675. The smallest absolute Gasteiger partial charge is 0.220 e. The largest absolute Gasteiger partial charge is 0.352 e. The van der Waals surface area contributed by atoms with Gasteiger partial charge in [0, 0.05) is 43.4 Å². The number of carbonyl (C=O) groups is 1. The number of nitrogens with zero attached hydrogens (tertiary/aromatic N) is 3. The zero-order valence-electron chi connectivity index (χ0n) is 16.2. The Hall–Kier alpha value is -2.21. The van der Waals surface area contributed by atoms with Crippen LogP contribution in [0.3, 0.4) is 0 Å². The summed E-state index contributed by atoms with van der Waals surface area (Å²) in [5, 5.41) is 7.58. The summed E-state index contributed by atoms with van der Waals surface area (Å²) in [4.78, 5) is 14.5. The Labute approximate surface area is 160 Å². The molecule has 27 heavy (non-hydrogen) atoms. The molecule has 6 heteroatoms. The van der Waals surface area contributed by atoms with Crippen molar-refractivity contribution in [1.29, 1.82) is 0 Å². The second-order valence-corrected chi connectivity index (χ2v) is 7.49. The molecule has 1 aromatic heterocycles. The highest BCUT2D eigenvalue weighted by Crippen LogP contribution is 2.16. The zero-order chi connectivity index (χ0) is 19.2. The topological polar surface area (TPSA) is 50.2 Å². The molecule has 0 aliphatic carbocycles. The van der Waals surface area contributed by atoms with Gasteiger partial charge >= 0.3 is 0 Å². The van der Waals surface area contributed by atoms with Crippen molar-refractivity contribution in [3.63, 3.8) is 0 Å². The maximum absolute atomic E-state index is 13.9. The molecule has 1 saturated heterocycles. The monoisotopic (exact) mass is 372 g/mol. The van der Waals surface area contributed by atoms with Gasteiger partial charge in [0.1, 0.15) is 5.82 Å². The molecule has 3 rings (SSSR count). The number of likely N-dealkylation sites (tertiary alicyclic amines) is 1. The number of rotatable bonds is 7. The molecular formula is C21H29FN4O. The Morgan fingerprint density at radius 3 is 2.89 bits per heavy atom. The molecule has 1 aliphatic rings. The third-order valence-corrected chi connectivity index (χ3v) is 5.10. The van der Waals surface area contributed by atoms with Gasteiger partial charge in [-0.25, -0.2) is 4.39 Å². The summed E-state index contributed by atoms with van der Waals surface area (Å²) < 4.78 is 15.8. The fourth-order valence-electron chi connectivity index (χ4n) is 3.78. The van der Waals surface area contributed by atoms with E-state index in [4.69, 9.17) is 0 Å². The predicted molar refractivity (Wildman–Crippen MR) is 104 cm³/mol. The minimum absolute atomic E-state index is 0.0919. The van der Waals surface area contributed by atoms with Crippen LogP contribution in [0.25, 0.3) is 0 Å². The van der Waals surface area contributed by atoms with Crippen LogP contribution in [0.4, 0.5) is 4.39 Å². The van der Waals surface area contributed by atoms with E-state index in [2.05, 4.69) is 15.3 Å². The van der Waals surface area contributed by atoms with E-state index in [1.807, 2.05) is 36.7 Å². The number of hydrogen-bond donors (Lipinski definition) is 1. The third kappa shape index (κ3) is 5.63. The maximum Gasteiger partial charge on any atom is 0.220 e. The fraction of sp³-hybridized carbons (Fsp3) is 0.524. The van der Waals surface area contributed by atoms with Gasteiger partial charge < -0.3 is 5.32 Å². The molecule has 2 heterocycles. The van der Waals surface area contributed by atoms with Crippen LogP contribution in [0.2, 0.25) is 0 Å². The van der Waals surface area contributed by atoms with Crippen LogP contribution in [0.5, 0.6) is 0 Å². The van der Waals surface area contributed by atoms with Gasteiger partial charge in [0.2, 0.25) is 5.91 Å². The van der Waals surface area contributed by atoms with Crippen LogP contribution in [-0.2, 0) is 17.9 Å². The van der Waals surface area contributed by atoms with Gasteiger partial charge in [-0.1, -0.05) is 18.2 Å². The SMILES string of the molecule is Cc1cc(C)n(CCCC(=O)NC2CCCN(Cc3ccccc3F)C2)n1. The van der Waals surface area contributed by atoms with Crippen LogP contribution in [-0.4, -0.2) is 39.7 Å². The zero-order valence-corrected chi connectivity index (χ0v) is 16.2. The minimum Gasteiger partial charge on any atom is -0.352 e. The van der Waals surface area contributed by atoms with Gasteiger partial charge in [0.15, 0.2) is 0 Å². The maximum atomic E-state index is 13.9. The predicted octanol–water partition coefficient (Wildman–Crippen LogP) is 3.20. The van der Waals surface area contributed by atoms with Crippen molar-refractivity contribution in [3.8, 4) is 0 Å². The van der Waals surface area contributed by atoms with Gasteiger partial charge in [0.25, 0.3) is 0 Å². The molecular weight excluding hydrogens is 343 g/mol. The molecule has 1 fully saturated rings. The molecule has 146 valence electrons. The van der Waals surface area contributed by atoms with Crippen LogP contribution < -0.4 is 5.32 Å². The fourth-order valence-corrected chi connectivity index (χ4v) is 3.78. The number of carbonyl (C=O) groups excluding carboxylic acids is 1. The van der Waals surface area contributed by atoms with Crippen molar-refractivity contribution in [2.45, 2.75) is 58.7 Å². The molecule has 1 unspecified atom stereocenters. The standard InChI is InChI=1S/C21H29FN4O/c1-16-13-17(2)26(24-16)12-6-10-21(27)23-19-8-5-11-25(15-19)14-18-7-3-4-9-20(18)22/h3-4,7,9,13,19H,5-6,8,10-12,14-15H2,1-2H3,(H,23,27). The van der Waals surface area contributed by atoms with Gasteiger partial charge in [-0.2, -0.15) is 5.10 Å². The summed E-state index contributed by atoms with van der Waals surface area (Å²) in [6.07, 6.45) is 3.28. The molecule has 1 amide bonds. The first-order chi connectivity index (χ1) is 13.0. The van der Waals surface area contributed by atoms with Crippen molar-refractivity contribution in [2.75, 3.05) is 13.1 Å². The van der Waals surface area contributed by atoms with E-state index in [-0.39, 0.29) is 17.8 Å². The summed E-state index contributed by atoms with van der Waals surface area (Å²) in [6, 6.07) is 9.10. The highest BCUT2D eigenvalue weighted by Gasteiger charge is 2.22. The molecule has 5 nitrogen and oxygen atoms in total. The van der Waals surface area contributed by atoms with Gasteiger partial charge in [-0.15, -0.1) is 0 Å². The molecule has 2 aromatic rings. The number of nitrogens with one attached hydrogen (secondary N) is 1. The summed E-state index contributed by atoms with van der Waals surface area (Å²) >= 11 is 0. The molecule has 0 saturated carbocycles. The molecule has 0 spiro atoms. The number of piperidine rings is 1. The van der Waals surface area contributed by atoms with E-state index in [0.717, 1.165) is 55.8 Å². The first kappa shape index (κ1) is 19.5. The number of aryl methyl sites for hydroxylation is 3. The van der Waals surface area contributed by atoms with E-state index in [1.165, 1.54) is 6.07 Å². The van der Waals surface area contributed by atoms with Crippen molar-refractivity contribution >= 4 is 5.91 Å². The number of halogens is 1. The van der Waals surface area contributed by atoms with E-state index in [9.17, 15) is 9.18 Å². The molecule has 0 radical (unpaired) electrons. The second-order valence-electron chi connectivity index (χ2n) is 7.49. The quantitative estimate of drug-likeness (QED) is 0.812. The highest BCUT2D eigenvalue weighted by molar-refractivity contribution is 5.76. The summed E-state index contributed by atoms with van der Waals surface area (Å²) in [7, 11) is 0. The van der Waals surface area contributed by atoms with Crippen molar-refractivity contribution in [3.05, 3.63) is 53.1 Å². The molecule has 1 aromatic carbocycles. The van der Waals surface area contributed by atoms with Crippen molar-refractivity contribution in [2.24, 2.45) is 0 Å². The summed E-state index contributed by atoms with van der Waals surface area (Å²) in [5.41, 5.74) is 2.85. The number of aromatic nitrogens is 2. The molecule has 1 aliphatic heterocycles. The third-order valence-electron chi connectivity index (χ3n) is 5.10. The molecule has 1 N–H and O–H groups in total. The van der Waals surface area contributed by atoms with Crippen LogP contribution in [0.15, 0.2) is 30.3 Å². The lowest BCUT2D eigenvalue weighted by atomic mass is 10.0. The van der Waals surface area contributed by atoms with Crippen molar-refractivity contribution < 1.29 is 9.18 Å². The lowest BCUT2D eigenvalue weighted by Crippen LogP contribution is -2.47. The van der Waals surface area contributed by atoms with Gasteiger partial charge in [-0.3, -0.25) is 14.4 Å². The van der Waals surface area contributed by atoms with Crippen LogP contribution in [0, 0.1) is 19.7 Å². The van der Waals surface area contributed by atoms with Crippen LogP contribution in [0.1, 0.15) is 42.6 Å². The lowest BCUT2D eigenvalue weighted by Gasteiger charge is -2.33. The Morgan fingerprint density at radius 2 is 2.15 bits per heavy atom. The minimum atomic E-state index is -0.159. The first-order valence-corrected chi connectivity index (χ1v) is 9.77. The van der Waals surface area contributed by atoms with Crippen molar-refractivity contribution in [1.82, 2.24) is 20.0 Å². The van der Waals surface area contributed by atoms with E-state index in [0.29, 0.717) is 13.0 Å². The number of benzene rings is 1. The molecule has 1 atom stereocenters. The average Bonchev–Trinajstić information content (AvgIpc) is 2.95. The van der Waals surface area contributed by atoms with E-state index in [1.54, 1.807) is 6.07 Å². The van der Waals surface area contributed by atoms with Gasteiger partial charge in [0.05, 0.1) is 5.69 Å². The van der Waals surface area contributed by atoms with Crippen LogP contribution >= 0.6 is 0 Å². The Morgan fingerprint density at radius 1 is 1.33 bits per heavy atom. The normalized spacial score (nSPS) is 17.8. The first-order valence-electron chi connectivity index (χ1n) is 9.77. The second kappa shape index (κ2) is 9.13. The van der Waals surface area contributed by atoms with E-state index < -0.39 is 0 Å². The van der Waals surface area contributed by atoms with Gasteiger partial charge in [-0.05, 0) is 51.8 Å². The number of hydrogen-bond acceptors (Lipinski definition) is 3. The van der Waals surface area contributed by atoms with E-state index >= 15 is 0 Å². The Kier molecular flexibility index (Phi) is 6.61. The highest BCUT2D eigenvalue weighted by atomic mass is 19.1. The summed E-state index contributed by atoms with van der Waals surface area (Å²) in [6.45, 7) is 7.09.